The summed E-state index contributed by atoms with van der Waals surface area (Å²) in [6.45, 7) is 12.4. The largest absolute Gasteiger partial charge is 0.350 e. The molecule has 0 aliphatic rings. The molecule has 1 atom stereocenters. The van der Waals surface area contributed by atoms with Crippen molar-refractivity contribution in [3.05, 3.63) is 93.0 Å². The molecule has 0 heterocycles. The van der Waals surface area contributed by atoms with Gasteiger partial charge in [0.05, 0.1) is 10.6 Å². The Kier molecular flexibility index (Phi) is 10.7. The number of rotatable bonds is 10. The Morgan fingerprint density at radius 1 is 0.881 bits per heavy atom. The zero-order chi connectivity index (χ0) is 31.4. The second-order valence-electron chi connectivity index (χ2n) is 11.6. The van der Waals surface area contributed by atoms with E-state index >= 15 is 0 Å². The lowest BCUT2D eigenvalue weighted by atomic mass is 10.1. The molecule has 7 nitrogen and oxygen atoms in total. The number of halogens is 2. The number of carbonyl (C=O) groups excluding carboxylic acids is 2. The minimum Gasteiger partial charge on any atom is -0.350 e. The highest BCUT2D eigenvalue weighted by Crippen LogP contribution is 2.28. The number of benzene rings is 3. The molecule has 1 N–H and O–H groups in total. The number of aryl methyl sites for hydroxylation is 3. The summed E-state index contributed by atoms with van der Waals surface area (Å²) in [5.74, 6) is -0.894. The highest BCUT2D eigenvalue weighted by atomic mass is 35.5. The van der Waals surface area contributed by atoms with Gasteiger partial charge >= 0.3 is 0 Å². The summed E-state index contributed by atoms with van der Waals surface area (Å²) in [7, 11) is -4.16. The van der Waals surface area contributed by atoms with E-state index < -0.39 is 34.1 Å². The normalized spacial score (nSPS) is 12.5. The predicted octanol–water partition coefficient (Wildman–Crippen LogP) is 6.84. The smallest absolute Gasteiger partial charge is 0.264 e. The van der Waals surface area contributed by atoms with E-state index in [0.29, 0.717) is 27.7 Å². The standard InChI is InChI=1S/C32H39Cl2N3O4S/c1-8-29(31(39)35-32(5,6)7)36(19-24-11-12-25(33)18-28(24)34)30(38)20-37(26-16-22(3)15-23(4)17-26)42(40,41)27-13-9-21(2)10-14-27/h9-18,29H,8,19-20H2,1-7H3,(H,35,39)/t29-/m1/s1. The van der Waals surface area contributed by atoms with Crippen molar-refractivity contribution >= 4 is 50.7 Å². The van der Waals surface area contributed by atoms with Crippen molar-refractivity contribution in [2.24, 2.45) is 0 Å². The van der Waals surface area contributed by atoms with E-state index in [1.807, 2.05) is 47.6 Å². The molecule has 10 heteroatoms. The summed E-state index contributed by atoms with van der Waals surface area (Å²) in [5.41, 5.74) is 3.00. The monoisotopic (exact) mass is 631 g/mol. The first-order valence-corrected chi connectivity index (χ1v) is 15.9. The van der Waals surface area contributed by atoms with Crippen molar-refractivity contribution in [2.45, 2.75) is 77.9 Å². The van der Waals surface area contributed by atoms with Gasteiger partial charge < -0.3 is 10.2 Å². The molecule has 0 aromatic heterocycles. The molecule has 0 radical (unpaired) electrons. The van der Waals surface area contributed by atoms with Crippen molar-refractivity contribution in [1.29, 1.82) is 0 Å². The van der Waals surface area contributed by atoms with Crippen LogP contribution in [0.15, 0.2) is 65.6 Å². The molecule has 0 aliphatic heterocycles. The molecule has 3 aromatic rings. The second kappa shape index (κ2) is 13.5. The van der Waals surface area contributed by atoms with E-state index in [1.54, 1.807) is 49.4 Å². The topological polar surface area (TPSA) is 86.8 Å². The third-order valence-corrected chi connectivity index (χ3v) is 9.00. The van der Waals surface area contributed by atoms with Gasteiger partial charge in [0, 0.05) is 22.1 Å². The molecule has 3 rings (SSSR count). The Morgan fingerprint density at radius 3 is 2.00 bits per heavy atom. The first kappa shape index (κ1) is 33.4. The van der Waals surface area contributed by atoms with Crippen LogP contribution in [0.5, 0.6) is 0 Å². The number of nitrogens with one attached hydrogen (secondary N) is 1. The van der Waals surface area contributed by atoms with Gasteiger partial charge in [-0.25, -0.2) is 8.42 Å². The van der Waals surface area contributed by atoms with E-state index in [-0.39, 0.29) is 17.3 Å². The van der Waals surface area contributed by atoms with Crippen molar-refractivity contribution in [3.8, 4) is 0 Å². The van der Waals surface area contributed by atoms with Gasteiger partial charge in [-0.2, -0.15) is 0 Å². The Labute approximate surface area is 259 Å². The minimum absolute atomic E-state index is 0.0177. The van der Waals surface area contributed by atoms with Crippen molar-refractivity contribution in [2.75, 3.05) is 10.8 Å². The summed E-state index contributed by atoms with van der Waals surface area (Å²) < 4.78 is 29.3. The average Bonchev–Trinajstić information content (AvgIpc) is 2.86. The van der Waals surface area contributed by atoms with Crippen LogP contribution in [0.4, 0.5) is 5.69 Å². The van der Waals surface area contributed by atoms with Gasteiger partial charge in [-0.1, -0.05) is 60.0 Å². The average molecular weight is 633 g/mol. The molecule has 226 valence electrons. The van der Waals surface area contributed by atoms with Crippen molar-refractivity contribution in [1.82, 2.24) is 10.2 Å². The summed E-state index contributed by atoms with van der Waals surface area (Å²) in [6, 6.07) is 15.9. The predicted molar refractivity (Wildman–Crippen MR) is 171 cm³/mol. The fourth-order valence-corrected chi connectivity index (χ4v) is 6.53. The number of hydrogen-bond acceptors (Lipinski definition) is 4. The Bertz CT molecular complexity index is 1530. The fourth-order valence-electron chi connectivity index (χ4n) is 4.67. The van der Waals surface area contributed by atoms with Crippen molar-refractivity contribution in [3.63, 3.8) is 0 Å². The van der Waals surface area contributed by atoms with E-state index in [9.17, 15) is 18.0 Å². The summed E-state index contributed by atoms with van der Waals surface area (Å²) >= 11 is 12.6. The zero-order valence-corrected chi connectivity index (χ0v) is 27.5. The summed E-state index contributed by atoms with van der Waals surface area (Å²) in [6.07, 6.45) is 0.299. The Morgan fingerprint density at radius 2 is 1.48 bits per heavy atom. The molecule has 0 aliphatic carbocycles. The molecule has 0 fully saturated rings. The lowest BCUT2D eigenvalue weighted by molar-refractivity contribution is -0.141. The maximum absolute atomic E-state index is 14.3. The lowest BCUT2D eigenvalue weighted by Crippen LogP contribution is -2.55. The second-order valence-corrected chi connectivity index (χ2v) is 14.3. The first-order chi connectivity index (χ1) is 19.5. The van der Waals surface area contributed by atoms with Crippen LogP contribution < -0.4 is 9.62 Å². The van der Waals surface area contributed by atoms with Gasteiger partial charge in [0.25, 0.3) is 10.0 Å². The van der Waals surface area contributed by atoms with Crippen LogP contribution in [0.1, 0.15) is 56.4 Å². The van der Waals surface area contributed by atoms with Gasteiger partial charge in [0.1, 0.15) is 12.6 Å². The zero-order valence-electron chi connectivity index (χ0n) is 25.2. The fraction of sp³-hybridized carbons (Fsp3) is 0.375. The van der Waals surface area contributed by atoms with Gasteiger partial charge in [0.15, 0.2) is 0 Å². The molecule has 0 saturated carbocycles. The van der Waals surface area contributed by atoms with E-state index in [2.05, 4.69) is 5.32 Å². The summed E-state index contributed by atoms with van der Waals surface area (Å²) in [4.78, 5) is 29.2. The quantitative estimate of drug-likeness (QED) is 0.265. The minimum atomic E-state index is -4.16. The van der Waals surface area contributed by atoms with Crippen LogP contribution in [0, 0.1) is 20.8 Å². The molecule has 2 amide bonds. The van der Waals surface area contributed by atoms with Crippen LogP contribution >= 0.6 is 23.2 Å². The van der Waals surface area contributed by atoms with Crippen LogP contribution in [0.25, 0.3) is 0 Å². The van der Waals surface area contributed by atoms with Crippen LogP contribution in [0.3, 0.4) is 0 Å². The number of anilines is 1. The SMILES string of the molecule is CC[C@H](C(=O)NC(C)(C)C)N(Cc1ccc(Cl)cc1Cl)C(=O)CN(c1cc(C)cc(C)c1)S(=O)(=O)c1ccc(C)cc1. The van der Waals surface area contributed by atoms with E-state index in [1.165, 1.54) is 17.0 Å². The molecule has 0 saturated heterocycles. The number of amides is 2. The van der Waals surface area contributed by atoms with Crippen LogP contribution in [-0.4, -0.2) is 43.3 Å². The highest BCUT2D eigenvalue weighted by Gasteiger charge is 2.35. The van der Waals surface area contributed by atoms with Gasteiger partial charge in [-0.3, -0.25) is 13.9 Å². The molecular weight excluding hydrogens is 593 g/mol. The third-order valence-electron chi connectivity index (χ3n) is 6.62. The maximum Gasteiger partial charge on any atom is 0.264 e. The molecule has 0 spiro atoms. The lowest BCUT2D eigenvalue weighted by Gasteiger charge is -2.35. The Hall–Kier alpha value is -3.07. The molecule has 0 bridgehead atoms. The molecule has 0 unspecified atom stereocenters. The molecule has 42 heavy (non-hydrogen) atoms. The number of carbonyl (C=O) groups is 2. The maximum atomic E-state index is 14.3. The highest BCUT2D eigenvalue weighted by molar-refractivity contribution is 7.92. The number of sulfonamides is 1. The van der Waals surface area contributed by atoms with Gasteiger partial charge in [-0.15, -0.1) is 0 Å². The number of hydrogen-bond donors (Lipinski definition) is 1. The van der Waals surface area contributed by atoms with Crippen molar-refractivity contribution < 1.29 is 18.0 Å². The first-order valence-electron chi connectivity index (χ1n) is 13.7. The van der Waals surface area contributed by atoms with Gasteiger partial charge in [0.2, 0.25) is 11.8 Å². The Balaban J connectivity index is 2.13. The third kappa shape index (κ3) is 8.49. The van der Waals surface area contributed by atoms with E-state index in [4.69, 9.17) is 23.2 Å². The molecular formula is C32H39Cl2N3O4S. The van der Waals surface area contributed by atoms with Crippen LogP contribution in [0.2, 0.25) is 10.0 Å². The van der Waals surface area contributed by atoms with Gasteiger partial charge in [-0.05, 0) is 101 Å². The van der Waals surface area contributed by atoms with E-state index in [0.717, 1.165) is 21.0 Å². The summed E-state index contributed by atoms with van der Waals surface area (Å²) in [5, 5.41) is 3.73. The number of nitrogens with zero attached hydrogens (tertiary/aromatic N) is 2. The van der Waals surface area contributed by atoms with Crippen LogP contribution in [-0.2, 0) is 26.2 Å². The molecule has 3 aromatic carbocycles.